The first-order chi connectivity index (χ1) is 12.8. The molecule has 0 saturated carbocycles. The van der Waals surface area contributed by atoms with Crippen LogP contribution in [0.25, 0.3) is 0 Å². The van der Waals surface area contributed by atoms with Gasteiger partial charge in [0.1, 0.15) is 5.82 Å². The minimum Gasteiger partial charge on any atom is -0.396 e. The minimum absolute atomic E-state index is 0.0196. The van der Waals surface area contributed by atoms with Crippen molar-refractivity contribution in [2.75, 3.05) is 20.3 Å². The van der Waals surface area contributed by atoms with Gasteiger partial charge in [0.2, 0.25) is 0 Å². The molecular formula is C21H29N3O2. The van der Waals surface area contributed by atoms with E-state index in [-0.39, 0.29) is 12.0 Å². The largest absolute Gasteiger partial charge is 0.396 e. The smallest absolute Gasteiger partial charge is 0.122 e. The Hall–Kier alpha value is -1.69. The summed E-state index contributed by atoms with van der Waals surface area (Å²) in [5.74, 6) is 1.10. The van der Waals surface area contributed by atoms with Gasteiger partial charge in [-0.1, -0.05) is 30.3 Å². The standard InChI is InChI=1S/C21H29N3O2/c1-26-12-11-23-10-9-22-20(23)15-24-18-7-8-19(24)21(14-18,16-25)13-17-5-3-2-4-6-17/h2-6,9-10,18-19,25H,7-8,11-16H2,1H3/t18-,19+,21-/m0/s1. The Morgan fingerprint density at radius 3 is 2.88 bits per heavy atom. The maximum absolute atomic E-state index is 10.4. The molecule has 0 radical (unpaired) electrons. The van der Waals surface area contributed by atoms with Crippen LogP contribution in [0.2, 0.25) is 0 Å². The van der Waals surface area contributed by atoms with Crippen LogP contribution in [0.3, 0.4) is 0 Å². The predicted octanol–water partition coefficient (Wildman–Crippen LogP) is 2.49. The molecule has 5 nitrogen and oxygen atoms in total. The summed E-state index contributed by atoms with van der Waals surface area (Å²) in [7, 11) is 1.73. The van der Waals surface area contributed by atoms with Crippen molar-refractivity contribution in [2.24, 2.45) is 5.41 Å². The third-order valence-electron chi connectivity index (χ3n) is 6.37. The summed E-state index contributed by atoms with van der Waals surface area (Å²) in [6.45, 7) is 2.66. The van der Waals surface area contributed by atoms with Crippen molar-refractivity contribution in [3.63, 3.8) is 0 Å². The number of imidazole rings is 1. The molecule has 0 spiro atoms. The number of aliphatic hydroxyl groups excluding tert-OH is 1. The van der Waals surface area contributed by atoms with E-state index in [1.165, 1.54) is 18.4 Å². The van der Waals surface area contributed by atoms with Crippen molar-refractivity contribution in [1.29, 1.82) is 0 Å². The van der Waals surface area contributed by atoms with Crippen LogP contribution < -0.4 is 0 Å². The Labute approximate surface area is 155 Å². The molecule has 1 N–H and O–H groups in total. The third kappa shape index (κ3) is 3.20. The molecule has 140 valence electrons. The molecule has 26 heavy (non-hydrogen) atoms. The fourth-order valence-corrected chi connectivity index (χ4v) is 5.12. The fourth-order valence-electron chi connectivity index (χ4n) is 5.12. The highest BCUT2D eigenvalue weighted by Gasteiger charge is 2.55. The number of rotatable bonds is 8. The second-order valence-electron chi connectivity index (χ2n) is 7.84. The Balaban J connectivity index is 1.52. The summed E-state index contributed by atoms with van der Waals surface area (Å²) < 4.78 is 7.41. The van der Waals surface area contributed by atoms with E-state index in [0.29, 0.717) is 18.7 Å². The summed E-state index contributed by atoms with van der Waals surface area (Å²) in [5, 5.41) is 10.4. The van der Waals surface area contributed by atoms with Crippen LogP contribution in [0.1, 0.15) is 30.7 Å². The zero-order valence-corrected chi connectivity index (χ0v) is 15.6. The first-order valence-corrected chi connectivity index (χ1v) is 9.65. The van der Waals surface area contributed by atoms with Crippen molar-refractivity contribution in [1.82, 2.24) is 14.5 Å². The van der Waals surface area contributed by atoms with Gasteiger partial charge in [-0.15, -0.1) is 0 Å². The Morgan fingerprint density at radius 1 is 1.27 bits per heavy atom. The molecule has 1 aromatic carbocycles. The van der Waals surface area contributed by atoms with Gasteiger partial charge in [-0.05, 0) is 31.2 Å². The lowest BCUT2D eigenvalue weighted by molar-refractivity contribution is 0.0740. The number of benzene rings is 1. The van der Waals surface area contributed by atoms with Gasteiger partial charge in [-0.25, -0.2) is 4.98 Å². The molecule has 3 atom stereocenters. The molecular weight excluding hydrogens is 326 g/mol. The molecule has 0 aliphatic carbocycles. The van der Waals surface area contributed by atoms with E-state index >= 15 is 0 Å². The van der Waals surface area contributed by atoms with Crippen LogP contribution in [0.4, 0.5) is 0 Å². The Morgan fingerprint density at radius 2 is 2.12 bits per heavy atom. The van der Waals surface area contributed by atoms with Crippen molar-refractivity contribution in [3.05, 3.63) is 54.1 Å². The summed E-state index contributed by atoms with van der Waals surface area (Å²) >= 11 is 0. The van der Waals surface area contributed by atoms with E-state index in [0.717, 1.165) is 31.8 Å². The summed E-state index contributed by atoms with van der Waals surface area (Å²) in [6, 6.07) is 11.6. The van der Waals surface area contributed by atoms with Gasteiger partial charge in [-0.2, -0.15) is 0 Å². The molecule has 2 fully saturated rings. The molecule has 1 aromatic heterocycles. The average molecular weight is 355 g/mol. The van der Waals surface area contributed by atoms with Gasteiger partial charge in [0, 0.05) is 43.5 Å². The zero-order valence-electron chi connectivity index (χ0n) is 15.6. The van der Waals surface area contributed by atoms with E-state index in [2.05, 4.69) is 44.8 Å². The Bertz CT molecular complexity index is 717. The number of ether oxygens (including phenoxy) is 1. The molecule has 2 aliphatic rings. The molecule has 0 unspecified atom stereocenters. The number of fused-ring (bicyclic) bond motifs is 2. The summed E-state index contributed by atoms with van der Waals surface area (Å²) in [4.78, 5) is 7.19. The van der Waals surface area contributed by atoms with Crippen LogP contribution in [-0.2, 0) is 24.2 Å². The van der Waals surface area contributed by atoms with Gasteiger partial charge in [0.15, 0.2) is 0 Å². The number of hydrogen-bond acceptors (Lipinski definition) is 4. The number of aromatic nitrogens is 2. The lowest BCUT2D eigenvalue weighted by atomic mass is 9.70. The maximum Gasteiger partial charge on any atom is 0.122 e. The minimum atomic E-state index is -0.0196. The van der Waals surface area contributed by atoms with Crippen molar-refractivity contribution in [2.45, 2.75) is 50.9 Å². The Kier molecular flexibility index (Phi) is 5.11. The molecule has 2 aromatic rings. The van der Waals surface area contributed by atoms with E-state index in [1.807, 2.05) is 12.4 Å². The zero-order chi connectivity index (χ0) is 18.0. The van der Waals surface area contributed by atoms with Crippen LogP contribution in [0.5, 0.6) is 0 Å². The highest BCUT2D eigenvalue weighted by molar-refractivity contribution is 5.21. The monoisotopic (exact) mass is 355 g/mol. The van der Waals surface area contributed by atoms with Crippen molar-refractivity contribution in [3.8, 4) is 0 Å². The van der Waals surface area contributed by atoms with Gasteiger partial charge in [-0.3, -0.25) is 4.90 Å². The quantitative estimate of drug-likeness (QED) is 0.790. The fraction of sp³-hybridized carbons (Fsp3) is 0.571. The molecule has 2 aliphatic heterocycles. The van der Waals surface area contributed by atoms with E-state index < -0.39 is 0 Å². The van der Waals surface area contributed by atoms with Gasteiger partial charge < -0.3 is 14.4 Å². The molecule has 4 rings (SSSR count). The normalized spacial score (nSPS) is 28.1. The predicted molar refractivity (Wildman–Crippen MR) is 101 cm³/mol. The number of aliphatic hydroxyl groups is 1. The molecule has 2 saturated heterocycles. The number of nitrogens with zero attached hydrogens (tertiary/aromatic N) is 3. The second-order valence-corrected chi connectivity index (χ2v) is 7.84. The lowest BCUT2D eigenvalue weighted by Gasteiger charge is -2.36. The van der Waals surface area contributed by atoms with Gasteiger partial charge in [0.05, 0.1) is 19.8 Å². The van der Waals surface area contributed by atoms with E-state index in [9.17, 15) is 5.11 Å². The van der Waals surface area contributed by atoms with E-state index in [4.69, 9.17) is 4.74 Å². The second kappa shape index (κ2) is 7.51. The SMILES string of the molecule is COCCn1ccnc1CN1[C@H]2CC[C@@H]1[C@@](CO)(Cc1ccccc1)C2. The molecule has 5 heteroatoms. The van der Waals surface area contributed by atoms with Crippen molar-refractivity contribution >= 4 is 0 Å². The summed E-state index contributed by atoms with van der Waals surface area (Å²) in [6.07, 6.45) is 8.38. The molecule has 3 heterocycles. The van der Waals surface area contributed by atoms with Crippen LogP contribution in [0.15, 0.2) is 42.7 Å². The van der Waals surface area contributed by atoms with Gasteiger partial charge in [0.25, 0.3) is 0 Å². The summed E-state index contributed by atoms with van der Waals surface area (Å²) in [5.41, 5.74) is 1.31. The highest BCUT2D eigenvalue weighted by Crippen LogP contribution is 2.51. The number of methoxy groups -OCH3 is 1. The van der Waals surface area contributed by atoms with Crippen LogP contribution in [0, 0.1) is 5.41 Å². The van der Waals surface area contributed by atoms with Crippen LogP contribution in [-0.4, -0.2) is 52.0 Å². The topological polar surface area (TPSA) is 50.5 Å². The first-order valence-electron chi connectivity index (χ1n) is 9.65. The maximum atomic E-state index is 10.4. The molecule has 0 amide bonds. The lowest BCUT2D eigenvalue weighted by Crippen LogP contribution is -2.42. The van der Waals surface area contributed by atoms with E-state index in [1.54, 1.807) is 7.11 Å². The highest BCUT2D eigenvalue weighted by atomic mass is 16.5. The number of hydrogen-bond donors (Lipinski definition) is 1. The molecule has 2 bridgehead atoms. The third-order valence-corrected chi connectivity index (χ3v) is 6.37. The van der Waals surface area contributed by atoms with Crippen molar-refractivity contribution < 1.29 is 9.84 Å². The first kappa shape index (κ1) is 17.7. The average Bonchev–Trinajstić information content (AvgIpc) is 3.35. The van der Waals surface area contributed by atoms with Crippen LogP contribution >= 0.6 is 0 Å². The van der Waals surface area contributed by atoms with Gasteiger partial charge >= 0.3 is 0 Å².